The number of fused-ring (bicyclic) bond motifs is 2. The number of hydrogen-bond acceptors (Lipinski definition) is 5. The number of pyridine rings is 2. The van der Waals surface area contributed by atoms with Crippen molar-refractivity contribution in [3.63, 3.8) is 0 Å². The van der Waals surface area contributed by atoms with E-state index in [1.807, 2.05) is 37.2 Å². The van der Waals surface area contributed by atoms with E-state index >= 15 is 4.39 Å². The Morgan fingerprint density at radius 1 is 0.886 bits per heavy atom. The van der Waals surface area contributed by atoms with E-state index in [0.717, 1.165) is 22.4 Å². The van der Waals surface area contributed by atoms with Gasteiger partial charge in [0.05, 0.1) is 17.4 Å². The van der Waals surface area contributed by atoms with Crippen molar-refractivity contribution in [2.45, 2.75) is 0 Å². The maximum absolute atomic E-state index is 15.1. The quantitative estimate of drug-likeness (QED) is 0.354. The van der Waals surface area contributed by atoms with Crippen molar-refractivity contribution in [2.24, 2.45) is 0 Å². The number of halogens is 2. The van der Waals surface area contributed by atoms with Crippen LogP contribution in [0.15, 0.2) is 67.1 Å². The van der Waals surface area contributed by atoms with Crippen LogP contribution in [0.25, 0.3) is 55.8 Å². The summed E-state index contributed by atoms with van der Waals surface area (Å²) < 4.78 is 28.5. The van der Waals surface area contributed by atoms with Crippen LogP contribution in [0.5, 0.6) is 0 Å². The summed E-state index contributed by atoms with van der Waals surface area (Å²) in [6.07, 6.45) is 5.11. The number of nitrogens with one attached hydrogen (secondary N) is 2. The van der Waals surface area contributed by atoms with Gasteiger partial charge in [-0.3, -0.25) is 10.1 Å². The second-order valence-electron chi connectivity index (χ2n) is 8.43. The summed E-state index contributed by atoms with van der Waals surface area (Å²) in [7, 11) is 3.85. The fraction of sp³-hybridized carbons (Fsp3) is 0.0769. The first kappa shape index (κ1) is 20.9. The minimum atomic E-state index is -0.448. The molecule has 6 aromatic rings. The van der Waals surface area contributed by atoms with Gasteiger partial charge in [0.25, 0.3) is 0 Å². The first-order valence-corrected chi connectivity index (χ1v) is 10.9. The zero-order chi connectivity index (χ0) is 24.1. The van der Waals surface area contributed by atoms with Gasteiger partial charge in [-0.1, -0.05) is 12.1 Å². The standard InChI is InChI=1S/C26H19F2N7/c1-35(2)18-9-16(12-29-13-18)15-10-20-22(21(28)11-15)33-34-24(20)26-31-23-19(7-8-30-25(23)32-26)14-3-5-17(27)6-4-14/h3-13H,1-2H3,(H,33,34)(H,30,31,32). The number of aromatic nitrogens is 6. The number of rotatable bonds is 4. The first-order chi connectivity index (χ1) is 17.0. The van der Waals surface area contributed by atoms with E-state index in [-0.39, 0.29) is 11.3 Å². The van der Waals surface area contributed by atoms with Crippen LogP contribution < -0.4 is 4.90 Å². The molecule has 0 spiro atoms. The first-order valence-electron chi connectivity index (χ1n) is 10.9. The summed E-state index contributed by atoms with van der Waals surface area (Å²) in [4.78, 5) is 18.5. The fourth-order valence-corrected chi connectivity index (χ4v) is 4.15. The van der Waals surface area contributed by atoms with Crippen LogP contribution in [0.2, 0.25) is 0 Å². The Hall–Kier alpha value is -4.66. The van der Waals surface area contributed by atoms with Gasteiger partial charge in [0.2, 0.25) is 0 Å². The molecular formula is C26H19F2N7. The number of anilines is 1. The Labute approximate surface area is 198 Å². The minimum Gasteiger partial charge on any atom is -0.376 e. The van der Waals surface area contributed by atoms with Crippen LogP contribution in [0.3, 0.4) is 0 Å². The maximum Gasteiger partial charge on any atom is 0.178 e. The van der Waals surface area contributed by atoms with Gasteiger partial charge in [-0.15, -0.1) is 0 Å². The van der Waals surface area contributed by atoms with Crippen LogP contribution in [-0.4, -0.2) is 44.2 Å². The summed E-state index contributed by atoms with van der Waals surface area (Å²) in [5, 5.41) is 7.69. The molecule has 7 nitrogen and oxygen atoms in total. The van der Waals surface area contributed by atoms with Crippen molar-refractivity contribution in [2.75, 3.05) is 19.0 Å². The lowest BCUT2D eigenvalue weighted by atomic mass is 10.0. The van der Waals surface area contributed by atoms with Gasteiger partial charge in [-0.2, -0.15) is 5.10 Å². The van der Waals surface area contributed by atoms with E-state index in [9.17, 15) is 4.39 Å². The molecule has 2 aromatic carbocycles. The molecule has 172 valence electrons. The normalized spacial score (nSPS) is 11.4. The Morgan fingerprint density at radius 3 is 2.51 bits per heavy atom. The van der Waals surface area contributed by atoms with Crippen LogP contribution in [0.1, 0.15) is 0 Å². The topological polar surface area (TPSA) is 86.4 Å². The Kier molecular flexibility index (Phi) is 4.77. The minimum absolute atomic E-state index is 0.215. The molecule has 4 heterocycles. The highest BCUT2D eigenvalue weighted by molar-refractivity contribution is 5.97. The molecule has 6 rings (SSSR count). The summed E-state index contributed by atoms with van der Waals surface area (Å²) >= 11 is 0. The molecule has 0 unspecified atom stereocenters. The summed E-state index contributed by atoms with van der Waals surface area (Å²) in [6.45, 7) is 0. The molecule has 0 fully saturated rings. The SMILES string of the molecule is CN(C)c1cncc(-c2cc(F)c3n[nH]c(-c4nc5nccc(-c6ccc(F)cc6)c5[nH]4)c3c2)c1. The van der Waals surface area contributed by atoms with E-state index in [2.05, 4.69) is 30.1 Å². The second-order valence-corrected chi connectivity index (χ2v) is 8.43. The van der Waals surface area contributed by atoms with Crippen molar-refractivity contribution < 1.29 is 8.78 Å². The molecule has 2 N–H and O–H groups in total. The Balaban J connectivity index is 1.50. The van der Waals surface area contributed by atoms with Gasteiger partial charge in [0.15, 0.2) is 17.3 Å². The van der Waals surface area contributed by atoms with E-state index in [0.29, 0.717) is 33.6 Å². The van der Waals surface area contributed by atoms with E-state index < -0.39 is 5.82 Å². The van der Waals surface area contributed by atoms with E-state index in [1.54, 1.807) is 30.7 Å². The summed E-state index contributed by atoms with van der Waals surface area (Å²) in [5.41, 5.74) is 5.96. The highest BCUT2D eigenvalue weighted by Gasteiger charge is 2.18. The highest BCUT2D eigenvalue weighted by atomic mass is 19.1. The number of H-pyrrole nitrogens is 2. The smallest absolute Gasteiger partial charge is 0.178 e. The van der Waals surface area contributed by atoms with Gasteiger partial charge in [-0.05, 0) is 47.5 Å². The summed E-state index contributed by atoms with van der Waals surface area (Å²) in [6, 6.07) is 13.3. The van der Waals surface area contributed by atoms with Gasteiger partial charge in [0, 0.05) is 43.0 Å². The van der Waals surface area contributed by atoms with Crippen LogP contribution in [-0.2, 0) is 0 Å². The van der Waals surface area contributed by atoms with Gasteiger partial charge in [0.1, 0.15) is 17.0 Å². The third-order valence-electron chi connectivity index (χ3n) is 5.97. The van der Waals surface area contributed by atoms with Gasteiger partial charge < -0.3 is 9.88 Å². The monoisotopic (exact) mass is 467 g/mol. The molecule has 0 bridgehead atoms. The average molecular weight is 467 g/mol. The zero-order valence-corrected chi connectivity index (χ0v) is 18.8. The lowest BCUT2D eigenvalue weighted by Crippen LogP contribution is -2.08. The lowest BCUT2D eigenvalue weighted by Gasteiger charge is -2.13. The van der Waals surface area contributed by atoms with Crippen molar-refractivity contribution >= 4 is 27.8 Å². The molecule has 0 saturated heterocycles. The average Bonchev–Trinajstić information content (AvgIpc) is 3.49. The van der Waals surface area contributed by atoms with Crippen molar-refractivity contribution in [1.82, 2.24) is 30.1 Å². The van der Waals surface area contributed by atoms with Crippen molar-refractivity contribution in [3.05, 3.63) is 78.8 Å². The van der Waals surface area contributed by atoms with Gasteiger partial charge >= 0.3 is 0 Å². The third kappa shape index (κ3) is 3.57. The number of nitrogens with zero attached hydrogens (tertiary/aromatic N) is 5. The number of benzene rings is 2. The van der Waals surface area contributed by atoms with E-state index in [1.165, 1.54) is 18.2 Å². The lowest BCUT2D eigenvalue weighted by molar-refractivity contribution is 0.628. The number of hydrogen-bond donors (Lipinski definition) is 2. The van der Waals surface area contributed by atoms with Crippen LogP contribution in [0.4, 0.5) is 14.5 Å². The molecule has 4 aromatic heterocycles. The fourth-order valence-electron chi connectivity index (χ4n) is 4.15. The molecule has 35 heavy (non-hydrogen) atoms. The third-order valence-corrected chi connectivity index (χ3v) is 5.97. The number of aromatic amines is 2. The molecule has 0 aliphatic rings. The second kappa shape index (κ2) is 7.98. The zero-order valence-electron chi connectivity index (χ0n) is 18.8. The largest absolute Gasteiger partial charge is 0.376 e. The van der Waals surface area contributed by atoms with Crippen molar-refractivity contribution in [3.8, 4) is 33.8 Å². The highest BCUT2D eigenvalue weighted by Crippen LogP contribution is 2.34. The maximum atomic E-state index is 15.1. The predicted molar refractivity (Wildman–Crippen MR) is 132 cm³/mol. The molecule has 0 radical (unpaired) electrons. The molecule has 0 atom stereocenters. The molecule has 9 heteroatoms. The molecule has 0 amide bonds. The predicted octanol–water partition coefficient (Wildman–Crippen LogP) is 5.57. The van der Waals surface area contributed by atoms with Crippen LogP contribution in [0, 0.1) is 11.6 Å². The van der Waals surface area contributed by atoms with Crippen LogP contribution >= 0.6 is 0 Å². The molecule has 0 aliphatic heterocycles. The summed E-state index contributed by atoms with van der Waals surface area (Å²) in [5.74, 6) is -0.282. The Bertz CT molecular complexity index is 1700. The molecule has 0 saturated carbocycles. The Morgan fingerprint density at radius 2 is 1.71 bits per heavy atom. The van der Waals surface area contributed by atoms with E-state index in [4.69, 9.17) is 0 Å². The van der Waals surface area contributed by atoms with Crippen molar-refractivity contribution in [1.29, 1.82) is 0 Å². The molecule has 0 aliphatic carbocycles. The number of imidazole rings is 1. The molecular weight excluding hydrogens is 448 g/mol. The van der Waals surface area contributed by atoms with Gasteiger partial charge in [-0.25, -0.2) is 18.7 Å².